The van der Waals surface area contributed by atoms with Gasteiger partial charge in [-0.05, 0) is 45.7 Å². The van der Waals surface area contributed by atoms with Gasteiger partial charge in [0.05, 0.1) is 22.8 Å². The Bertz CT molecular complexity index is 866. The number of carbonyl (C=O) groups excluding carboxylic acids is 1. The van der Waals surface area contributed by atoms with Gasteiger partial charge in [0, 0.05) is 32.1 Å². The summed E-state index contributed by atoms with van der Waals surface area (Å²) in [5, 5.41) is 9.85. The summed E-state index contributed by atoms with van der Waals surface area (Å²) in [6, 6.07) is 7.88. The van der Waals surface area contributed by atoms with Gasteiger partial charge in [-0.1, -0.05) is 12.1 Å². The lowest BCUT2D eigenvalue weighted by Gasteiger charge is -2.41. The van der Waals surface area contributed by atoms with Crippen LogP contribution in [-0.2, 0) is 4.74 Å². The second kappa shape index (κ2) is 7.20. The van der Waals surface area contributed by atoms with E-state index in [0.717, 1.165) is 48.5 Å². The largest absolute Gasteiger partial charge is 0.444 e. The molecule has 2 aromatic rings. The topological polar surface area (TPSA) is 78.8 Å². The summed E-state index contributed by atoms with van der Waals surface area (Å²) in [6.07, 6.45) is 0.963. The number of nitrogens with zero attached hydrogens (tertiary/aromatic N) is 4. The lowest BCUT2D eigenvalue weighted by Crippen LogP contribution is -2.51. The van der Waals surface area contributed by atoms with E-state index in [1.54, 1.807) is 4.90 Å². The Kier molecular flexibility index (Phi) is 4.87. The third-order valence-electron chi connectivity index (χ3n) is 5.26. The predicted molar refractivity (Wildman–Crippen MR) is 108 cm³/mol. The van der Waals surface area contributed by atoms with Gasteiger partial charge in [-0.3, -0.25) is 0 Å². The van der Waals surface area contributed by atoms with E-state index >= 15 is 0 Å². The molecule has 1 N–H and O–H groups in total. The van der Waals surface area contributed by atoms with Crippen molar-refractivity contribution >= 4 is 22.9 Å². The minimum absolute atomic E-state index is 0.145. The number of piperidine rings is 1. The Hall–Kier alpha value is -2.41. The molecular weight excluding hydrogens is 356 g/mol. The number of aliphatic hydroxyl groups is 1. The summed E-state index contributed by atoms with van der Waals surface area (Å²) in [5.41, 5.74) is 2.18. The van der Waals surface area contributed by atoms with Crippen LogP contribution in [0.5, 0.6) is 0 Å². The fourth-order valence-corrected chi connectivity index (χ4v) is 3.72. The molecule has 0 bridgehead atoms. The first-order chi connectivity index (χ1) is 13.3. The molecule has 2 aliphatic rings. The highest BCUT2D eigenvalue weighted by Crippen LogP contribution is 2.34. The maximum absolute atomic E-state index is 12.3. The Morgan fingerprint density at radius 1 is 1.11 bits per heavy atom. The van der Waals surface area contributed by atoms with Crippen LogP contribution in [-0.4, -0.2) is 64.0 Å². The van der Waals surface area contributed by atoms with Crippen LogP contribution in [0.1, 0.15) is 45.2 Å². The van der Waals surface area contributed by atoms with Gasteiger partial charge in [0.1, 0.15) is 5.60 Å². The summed E-state index contributed by atoms with van der Waals surface area (Å²) in [4.78, 5) is 26.0. The molecule has 1 aromatic heterocycles. The summed E-state index contributed by atoms with van der Waals surface area (Å²) >= 11 is 0. The quantitative estimate of drug-likeness (QED) is 0.858. The predicted octanol–water partition coefficient (Wildman–Crippen LogP) is 2.93. The van der Waals surface area contributed by atoms with Crippen molar-refractivity contribution in [1.29, 1.82) is 0 Å². The second-order valence-corrected chi connectivity index (χ2v) is 8.72. The van der Waals surface area contributed by atoms with Crippen molar-refractivity contribution in [3.8, 4) is 0 Å². The first-order valence-electron chi connectivity index (χ1n) is 9.98. The number of benzene rings is 1. The first-order valence-corrected chi connectivity index (χ1v) is 9.98. The molecule has 28 heavy (non-hydrogen) atoms. The number of rotatable bonds is 2. The van der Waals surface area contributed by atoms with Crippen LogP contribution in [0.2, 0.25) is 0 Å². The molecule has 0 saturated carbocycles. The monoisotopic (exact) mass is 384 g/mol. The van der Waals surface area contributed by atoms with Crippen LogP contribution in [0, 0.1) is 0 Å². The molecule has 7 heteroatoms. The van der Waals surface area contributed by atoms with Crippen molar-refractivity contribution in [1.82, 2.24) is 14.9 Å². The fraction of sp³-hybridized carbons (Fsp3) is 0.571. The average molecular weight is 384 g/mol. The SMILES string of the molecule is CC(C)(C)OC(=O)N1CC(c2nc3ccccc3nc2N2CCC(O)CC2)C1. The molecule has 0 spiro atoms. The standard InChI is InChI=1S/C21H28N4O3/c1-21(2,3)28-20(27)25-12-14(13-25)18-19(24-10-8-15(26)9-11-24)23-17-7-5-4-6-16(17)22-18/h4-7,14-15,26H,8-13H2,1-3H3. The second-order valence-electron chi connectivity index (χ2n) is 8.72. The number of amides is 1. The zero-order chi connectivity index (χ0) is 19.9. The number of carbonyl (C=O) groups is 1. The minimum atomic E-state index is -0.495. The van der Waals surface area contributed by atoms with E-state index < -0.39 is 5.60 Å². The number of hydrogen-bond donors (Lipinski definition) is 1. The molecule has 1 amide bonds. The molecule has 3 heterocycles. The molecule has 2 aliphatic heterocycles. The van der Waals surface area contributed by atoms with Crippen LogP contribution in [0.15, 0.2) is 24.3 Å². The van der Waals surface area contributed by atoms with Crippen LogP contribution in [0.25, 0.3) is 11.0 Å². The Balaban J connectivity index is 1.58. The molecule has 4 rings (SSSR count). The molecule has 2 saturated heterocycles. The van der Waals surface area contributed by atoms with Gasteiger partial charge in [-0.15, -0.1) is 0 Å². The molecule has 150 valence electrons. The fourth-order valence-electron chi connectivity index (χ4n) is 3.72. The van der Waals surface area contributed by atoms with E-state index in [0.29, 0.717) is 13.1 Å². The van der Waals surface area contributed by atoms with Crippen LogP contribution < -0.4 is 4.90 Å². The smallest absolute Gasteiger partial charge is 0.410 e. The normalized spacial score (nSPS) is 19.0. The summed E-state index contributed by atoms with van der Waals surface area (Å²) < 4.78 is 5.47. The zero-order valence-corrected chi connectivity index (χ0v) is 16.8. The van der Waals surface area contributed by atoms with E-state index in [9.17, 15) is 9.90 Å². The number of para-hydroxylation sites is 2. The Labute approximate surface area is 165 Å². The lowest BCUT2D eigenvalue weighted by atomic mass is 9.95. The van der Waals surface area contributed by atoms with Gasteiger partial charge in [0.2, 0.25) is 0 Å². The van der Waals surface area contributed by atoms with E-state index in [1.165, 1.54) is 0 Å². The van der Waals surface area contributed by atoms with Crippen LogP contribution >= 0.6 is 0 Å². The van der Waals surface area contributed by atoms with Crippen molar-refractivity contribution in [2.75, 3.05) is 31.1 Å². The van der Waals surface area contributed by atoms with Crippen molar-refractivity contribution in [3.63, 3.8) is 0 Å². The number of aromatic nitrogens is 2. The maximum Gasteiger partial charge on any atom is 0.410 e. The van der Waals surface area contributed by atoms with Crippen molar-refractivity contribution in [2.24, 2.45) is 0 Å². The molecule has 0 atom stereocenters. The van der Waals surface area contributed by atoms with Gasteiger partial charge >= 0.3 is 6.09 Å². The molecule has 0 aliphatic carbocycles. The van der Waals surface area contributed by atoms with Gasteiger partial charge in [-0.25, -0.2) is 14.8 Å². The van der Waals surface area contributed by atoms with Crippen LogP contribution in [0.4, 0.5) is 10.6 Å². The lowest BCUT2D eigenvalue weighted by molar-refractivity contribution is 0.00788. The molecular formula is C21H28N4O3. The van der Waals surface area contributed by atoms with Gasteiger partial charge in [0.15, 0.2) is 5.82 Å². The van der Waals surface area contributed by atoms with E-state index in [1.807, 2.05) is 45.0 Å². The highest BCUT2D eigenvalue weighted by molar-refractivity contribution is 5.77. The van der Waals surface area contributed by atoms with E-state index in [4.69, 9.17) is 14.7 Å². The summed E-state index contributed by atoms with van der Waals surface area (Å²) in [7, 11) is 0. The van der Waals surface area contributed by atoms with Gasteiger partial charge in [0.25, 0.3) is 0 Å². The zero-order valence-electron chi connectivity index (χ0n) is 16.8. The van der Waals surface area contributed by atoms with Crippen molar-refractivity contribution < 1.29 is 14.6 Å². The Morgan fingerprint density at radius 2 is 1.71 bits per heavy atom. The van der Waals surface area contributed by atoms with Crippen molar-refractivity contribution in [2.45, 2.75) is 51.2 Å². The third kappa shape index (κ3) is 3.90. The number of likely N-dealkylation sites (tertiary alicyclic amines) is 1. The maximum atomic E-state index is 12.3. The highest BCUT2D eigenvalue weighted by Gasteiger charge is 2.38. The first kappa shape index (κ1) is 18.9. The number of hydrogen-bond acceptors (Lipinski definition) is 6. The highest BCUT2D eigenvalue weighted by atomic mass is 16.6. The minimum Gasteiger partial charge on any atom is -0.444 e. The van der Waals surface area contributed by atoms with Crippen molar-refractivity contribution in [3.05, 3.63) is 30.0 Å². The van der Waals surface area contributed by atoms with E-state index in [-0.39, 0.29) is 18.1 Å². The molecule has 0 unspecified atom stereocenters. The molecule has 0 radical (unpaired) electrons. The number of aliphatic hydroxyl groups excluding tert-OH is 1. The molecule has 1 aromatic carbocycles. The number of anilines is 1. The molecule has 7 nitrogen and oxygen atoms in total. The average Bonchev–Trinajstić information content (AvgIpc) is 2.59. The van der Waals surface area contributed by atoms with E-state index in [2.05, 4.69) is 4.90 Å². The summed E-state index contributed by atoms with van der Waals surface area (Å²) in [5.74, 6) is 1.03. The van der Waals surface area contributed by atoms with Crippen LogP contribution in [0.3, 0.4) is 0 Å². The van der Waals surface area contributed by atoms with Gasteiger partial charge < -0.3 is 19.6 Å². The summed E-state index contributed by atoms with van der Waals surface area (Å²) in [6.45, 7) is 8.34. The third-order valence-corrected chi connectivity index (χ3v) is 5.26. The Morgan fingerprint density at radius 3 is 2.32 bits per heavy atom. The number of fused-ring (bicyclic) bond motifs is 1. The molecule has 2 fully saturated rings. The van der Waals surface area contributed by atoms with Gasteiger partial charge in [-0.2, -0.15) is 0 Å². The number of ether oxygens (including phenoxy) is 1.